The van der Waals surface area contributed by atoms with E-state index in [4.69, 9.17) is 0 Å². The first kappa shape index (κ1) is 17.3. The minimum atomic E-state index is -3.88. The summed E-state index contributed by atoms with van der Waals surface area (Å²) in [5.74, 6) is -2.51. The second-order valence-corrected chi connectivity index (χ2v) is 8.00. The van der Waals surface area contributed by atoms with Crippen molar-refractivity contribution in [2.24, 2.45) is 5.41 Å². The number of nitrogens with one attached hydrogen (secondary N) is 1. The third-order valence-corrected chi connectivity index (χ3v) is 5.62. The topological polar surface area (TPSA) is 66.4 Å². The lowest BCUT2D eigenvalue weighted by atomic mass is 9.73. The molecule has 7 heteroatoms. The molecule has 2 atom stereocenters. The van der Waals surface area contributed by atoms with Gasteiger partial charge in [0.15, 0.2) is 0 Å². The highest BCUT2D eigenvalue weighted by molar-refractivity contribution is 7.88. The second kappa shape index (κ2) is 6.60. The van der Waals surface area contributed by atoms with Gasteiger partial charge in [-0.2, -0.15) is 0 Å². The number of hydrogen-bond donors (Lipinski definition) is 2. The minimum absolute atomic E-state index is 0.0621. The quantitative estimate of drug-likeness (QED) is 0.869. The standard InChI is InChI=1S/C15H21F2NO3S/c1-15(8-3-2-7-14(15)19)10-18-22(20,21)9-11-12(16)5-4-6-13(11)17/h4-6,14,18-19H,2-3,7-10H2,1H3. The molecular weight excluding hydrogens is 312 g/mol. The maximum atomic E-state index is 13.5. The summed E-state index contributed by atoms with van der Waals surface area (Å²) in [6.45, 7) is 1.88. The molecule has 1 aliphatic rings. The van der Waals surface area contributed by atoms with Gasteiger partial charge in [0.25, 0.3) is 0 Å². The molecule has 0 aliphatic heterocycles. The molecule has 124 valence electrons. The summed E-state index contributed by atoms with van der Waals surface area (Å²) in [5, 5.41) is 10.0. The van der Waals surface area contributed by atoms with Gasteiger partial charge in [0, 0.05) is 17.5 Å². The van der Waals surface area contributed by atoms with Gasteiger partial charge in [-0.1, -0.05) is 25.8 Å². The Morgan fingerprint density at radius 3 is 2.55 bits per heavy atom. The van der Waals surface area contributed by atoms with Crippen LogP contribution in [-0.2, 0) is 15.8 Å². The Labute approximate surface area is 129 Å². The molecule has 1 fully saturated rings. The molecule has 2 unspecified atom stereocenters. The number of sulfonamides is 1. The van der Waals surface area contributed by atoms with Gasteiger partial charge >= 0.3 is 0 Å². The molecular formula is C15H21F2NO3S. The summed E-state index contributed by atoms with van der Waals surface area (Å²) in [4.78, 5) is 0. The third-order valence-electron chi connectivity index (χ3n) is 4.37. The van der Waals surface area contributed by atoms with Crippen LogP contribution in [0.4, 0.5) is 8.78 Å². The Balaban J connectivity index is 2.05. The van der Waals surface area contributed by atoms with Crippen LogP contribution < -0.4 is 4.72 Å². The smallest absolute Gasteiger partial charge is 0.216 e. The van der Waals surface area contributed by atoms with Crippen LogP contribution in [0.25, 0.3) is 0 Å². The van der Waals surface area contributed by atoms with Crippen LogP contribution in [0.15, 0.2) is 18.2 Å². The highest BCUT2D eigenvalue weighted by Crippen LogP contribution is 2.35. The average molecular weight is 333 g/mol. The number of hydrogen-bond acceptors (Lipinski definition) is 3. The SMILES string of the molecule is CC1(CNS(=O)(=O)Cc2c(F)cccc2F)CCCCC1O. The molecule has 1 aliphatic carbocycles. The van der Waals surface area contributed by atoms with Crippen molar-refractivity contribution in [1.29, 1.82) is 0 Å². The molecule has 1 aromatic rings. The molecule has 1 saturated carbocycles. The molecule has 2 N–H and O–H groups in total. The number of halogens is 2. The first-order valence-corrected chi connectivity index (χ1v) is 8.97. The van der Waals surface area contributed by atoms with Crippen LogP contribution in [0.2, 0.25) is 0 Å². The van der Waals surface area contributed by atoms with E-state index in [0.29, 0.717) is 12.8 Å². The molecule has 0 amide bonds. The molecule has 0 spiro atoms. The summed E-state index contributed by atoms with van der Waals surface area (Å²) in [6, 6.07) is 3.24. The molecule has 2 rings (SSSR count). The fourth-order valence-corrected chi connectivity index (χ4v) is 4.08. The second-order valence-electron chi connectivity index (χ2n) is 6.20. The molecule has 0 aromatic heterocycles. The van der Waals surface area contributed by atoms with Crippen molar-refractivity contribution >= 4 is 10.0 Å². The van der Waals surface area contributed by atoms with Gasteiger partial charge in [-0.25, -0.2) is 21.9 Å². The van der Waals surface area contributed by atoms with Crippen molar-refractivity contribution < 1.29 is 22.3 Å². The van der Waals surface area contributed by atoms with Crippen molar-refractivity contribution in [3.8, 4) is 0 Å². The lowest BCUT2D eigenvalue weighted by molar-refractivity contribution is 0.00462. The van der Waals surface area contributed by atoms with Crippen molar-refractivity contribution in [1.82, 2.24) is 4.72 Å². The summed E-state index contributed by atoms with van der Waals surface area (Å²) in [5.41, 5.74) is -1.01. The molecule has 0 heterocycles. The Morgan fingerprint density at radius 1 is 1.32 bits per heavy atom. The maximum absolute atomic E-state index is 13.5. The lowest BCUT2D eigenvalue weighted by Gasteiger charge is -2.38. The van der Waals surface area contributed by atoms with Gasteiger partial charge in [-0.3, -0.25) is 0 Å². The zero-order valence-corrected chi connectivity index (χ0v) is 13.3. The number of aliphatic hydroxyl groups is 1. The van der Waals surface area contributed by atoms with Gasteiger partial charge in [-0.15, -0.1) is 0 Å². The fraction of sp³-hybridized carbons (Fsp3) is 0.600. The Hall–Kier alpha value is -1.05. The van der Waals surface area contributed by atoms with Gasteiger partial charge < -0.3 is 5.11 Å². The van der Waals surface area contributed by atoms with E-state index in [2.05, 4.69) is 4.72 Å². The third kappa shape index (κ3) is 4.02. The summed E-state index contributed by atoms with van der Waals surface area (Å²) in [7, 11) is -3.88. The Morgan fingerprint density at radius 2 is 1.95 bits per heavy atom. The zero-order chi connectivity index (χ0) is 16.4. The van der Waals surface area contributed by atoms with E-state index in [0.717, 1.165) is 25.0 Å². The highest BCUT2D eigenvalue weighted by Gasteiger charge is 2.36. The molecule has 22 heavy (non-hydrogen) atoms. The van der Waals surface area contributed by atoms with E-state index < -0.39 is 44.5 Å². The van der Waals surface area contributed by atoms with Crippen LogP contribution in [0.1, 0.15) is 38.2 Å². The molecule has 0 saturated heterocycles. The van der Waals surface area contributed by atoms with Gasteiger partial charge in [-0.05, 0) is 25.0 Å². The van der Waals surface area contributed by atoms with E-state index in [-0.39, 0.29) is 6.54 Å². The fourth-order valence-electron chi connectivity index (χ4n) is 2.77. The summed E-state index contributed by atoms with van der Waals surface area (Å²) in [6.07, 6.45) is 2.63. The Kier molecular flexibility index (Phi) is 5.19. The van der Waals surface area contributed by atoms with Gasteiger partial charge in [0.05, 0.1) is 11.9 Å². The highest BCUT2D eigenvalue weighted by atomic mass is 32.2. The van der Waals surface area contributed by atoms with Gasteiger partial charge in [0.1, 0.15) is 11.6 Å². The summed E-state index contributed by atoms with van der Waals surface area (Å²) >= 11 is 0. The molecule has 1 aromatic carbocycles. The largest absolute Gasteiger partial charge is 0.393 e. The van der Waals surface area contributed by atoms with Gasteiger partial charge in [0.2, 0.25) is 10.0 Å². The number of rotatable bonds is 5. The summed E-state index contributed by atoms with van der Waals surface area (Å²) < 4.78 is 53.6. The first-order chi connectivity index (χ1) is 10.2. The maximum Gasteiger partial charge on any atom is 0.216 e. The van der Waals surface area contributed by atoms with Crippen LogP contribution in [0.3, 0.4) is 0 Å². The monoisotopic (exact) mass is 333 g/mol. The van der Waals surface area contributed by atoms with E-state index in [9.17, 15) is 22.3 Å². The normalized spacial score (nSPS) is 26.1. The van der Waals surface area contributed by atoms with E-state index in [1.165, 1.54) is 6.07 Å². The van der Waals surface area contributed by atoms with Crippen molar-refractivity contribution in [2.45, 2.75) is 44.5 Å². The number of aliphatic hydroxyl groups excluding tert-OH is 1. The Bertz CT molecular complexity index is 615. The van der Waals surface area contributed by atoms with Crippen LogP contribution in [0, 0.1) is 17.0 Å². The minimum Gasteiger partial charge on any atom is -0.393 e. The van der Waals surface area contributed by atoms with Crippen LogP contribution in [-0.4, -0.2) is 26.2 Å². The van der Waals surface area contributed by atoms with E-state index in [1.807, 2.05) is 6.92 Å². The van der Waals surface area contributed by atoms with Crippen molar-refractivity contribution in [3.63, 3.8) is 0 Å². The molecule has 4 nitrogen and oxygen atoms in total. The first-order valence-electron chi connectivity index (χ1n) is 7.32. The predicted octanol–water partition coefficient (Wildman–Crippen LogP) is 2.33. The molecule has 0 bridgehead atoms. The zero-order valence-electron chi connectivity index (χ0n) is 12.5. The van der Waals surface area contributed by atoms with Crippen molar-refractivity contribution in [2.75, 3.05) is 6.54 Å². The van der Waals surface area contributed by atoms with Crippen LogP contribution >= 0.6 is 0 Å². The van der Waals surface area contributed by atoms with Crippen LogP contribution in [0.5, 0.6) is 0 Å². The predicted molar refractivity (Wildman–Crippen MR) is 79.6 cm³/mol. The van der Waals surface area contributed by atoms with E-state index in [1.54, 1.807) is 0 Å². The molecule has 0 radical (unpaired) electrons. The average Bonchev–Trinajstić information content (AvgIpc) is 2.45. The van der Waals surface area contributed by atoms with Crippen molar-refractivity contribution in [3.05, 3.63) is 35.4 Å². The van der Waals surface area contributed by atoms with E-state index >= 15 is 0 Å². The lowest BCUT2D eigenvalue weighted by Crippen LogP contribution is -2.45. The number of benzene rings is 1.